The molecule has 1 saturated heterocycles. The van der Waals surface area contributed by atoms with Crippen LogP contribution in [0.15, 0.2) is 23.1 Å². The van der Waals surface area contributed by atoms with Crippen LogP contribution in [0.3, 0.4) is 0 Å². The summed E-state index contributed by atoms with van der Waals surface area (Å²) in [6.07, 6.45) is 0.799. The second-order valence-corrected chi connectivity index (χ2v) is 8.29. The van der Waals surface area contributed by atoms with Crippen LogP contribution in [0.5, 0.6) is 5.75 Å². The molecule has 10 heteroatoms. The van der Waals surface area contributed by atoms with Gasteiger partial charge in [-0.15, -0.1) is 0 Å². The third-order valence-electron chi connectivity index (χ3n) is 4.43. The van der Waals surface area contributed by atoms with Crippen molar-refractivity contribution in [2.24, 2.45) is 0 Å². The molecule has 0 bridgehead atoms. The third kappa shape index (κ3) is 4.76. The molecule has 0 spiro atoms. The molecule has 27 heavy (non-hydrogen) atoms. The molecule has 9 nitrogen and oxygen atoms in total. The number of benzene rings is 1. The van der Waals surface area contributed by atoms with Crippen LogP contribution in [0.4, 0.5) is 0 Å². The third-order valence-corrected chi connectivity index (χ3v) is 5.97. The number of aliphatic carboxylic acids is 1. The summed E-state index contributed by atoms with van der Waals surface area (Å²) in [7, 11) is -2.43. The Morgan fingerprint density at radius 1 is 1.37 bits per heavy atom. The molecule has 0 radical (unpaired) electrons. The maximum absolute atomic E-state index is 12.8. The van der Waals surface area contributed by atoms with Gasteiger partial charge in [0, 0.05) is 24.7 Å². The standard InChI is InChI=1S/C17H22N2O7S/c1-25-14-5-2-11(8-15(14)27(23,24)18-12-3-4-12)17(22)19-6-7-26-13(10-19)9-16(20)21/h2,5,8,12-13,18H,3-4,6-7,9-10H2,1H3,(H,20,21). The van der Waals surface area contributed by atoms with Gasteiger partial charge in [0.25, 0.3) is 5.91 Å². The number of amides is 1. The van der Waals surface area contributed by atoms with Crippen LogP contribution < -0.4 is 9.46 Å². The summed E-state index contributed by atoms with van der Waals surface area (Å²) >= 11 is 0. The van der Waals surface area contributed by atoms with Crippen molar-refractivity contribution < 1.29 is 32.6 Å². The zero-order chi connectivity index (χ0) is 19.6. The molecule has 1 aliphatic carbocycles. The lowest BCUT2D eigenvalue weighted by Gasteiger charge is -2.32. The summed E-state index contributed by atoms with van der Waals surface area (Å²) in [6, 6.07) is 4.17. The van der Waals surface area contributed by atoms with Crippen LogP contribution >= 0.6 is 0 Å². The normalized spacial score (nSPS) is 20.3. The lowest BCUT2D eigenvalue weighted by Crippen LogP contribution is -2.46. The van der Waals surface area contributed by atoms with Crippen LogP contribution in [0.2, 0.25) is 0 Å². The number of sulfonamides is 1. The van der Waals surface area contributed by atoms with Crippen molar-refractivity contribution in [2.45, 2.75) is 36.3 Å². The number of carbonyl (C=O) groups is 2. The van der Waals surface area contributed by atoms with E-state index in [4.69, 9.17) is 14.6 Å². The van der Waals surface area contributed by atoms with Crippen molar-refractivity contribution in [2.75, 3.05) is 26.8 Å². The lowest BCUT2D eigenvalue weighted by atomic mass is 10.1. The number of hydrogen-bond donors (Lipinski definition) is 2. The Morgan fingerprint density at radius 2 is 2.11 bits per heavy atom. The van der Waals surface area contributed by atoms with Gasteiger partial charge in [-0.2, -0.15) is 0 Å². The molecule has 1 heterocycles. The molecule has 1 atom stereocenters. The van der Waals surface area contributed by atoms with E-state index in [0.29, 0.717) is 6.54 Å². The fourth-order valence-corrected chi connectivity index (χ4v) is 4.41. The summed E-state index contributed by atoms with van der Waals surface area (Å²) in [6.45, 7) is 0.678. The average molecular weight is 398 g/mol. The molecule has 2 N–H and O–H groups in total. The lowest BCUT2D eigenvalue weighted by molar-refractivity contribution is -0.141. The highest BCUT2D eigenvalue weighted by Crippen LogP contribution is 2.29. The van der Waals surface area contributed by atoms with Gasteiger partial charge >= 0.3 is 5.97 Å². The number of methoxy groups -OCH3 is 1. The highest BCUT2D eigenvalue weighted by atomic mass is 32.2. The van der Waals surface area contributed by atoms with Crippen molar-refractivity contribution in [1.82, 2.24) is 9.62 Å². The van der Waals surface area contributed by atoms with Crippen molar-refractivity contribution in [3.8, 4) is 5.75 Å². The molecule has 1 aromatic carbocycles. The van der Waals surface area contributed by atoms with E-state index in [9.17, 15) is 18.0 Å². The van der Waals surface area contributed by atoms with Crippen molar-refractivity contribution in [1.29, 1.82) is 0 Å². The molecular weight excluding hydrogens is 376 g/mol. The molecule has 2 fully saturated rings. The van der Waals surface area contributed by atoms with Gasteiger partial charge in [0.15, 0.2) is 0 Å². The topological polar surface area (TPSA) is 122 Å². The molecule has 3 rings (SSSR count). The molecule has 1 unspecified atom stereocenters. The number of morpholine rings is 1. The largest absolute Gasteiger partial charge is 0.495 e. The number of rotatable bonds is 7. The first-order valence-corrected chi connectivity index (χ1v) is 10.1. The molecule has 1 aromatic rings. The van der Waals surface area contributed by atoms with Crippen molar-refractivity contribution in [3.63, 3.8) is 0 Å². The Morgan fingerprint density at radius 3 is 2.74 bits per heavy atom. The monoisotopic (exact) mass is 398 g/mol. The number of nitrogens with one attached hydrogen (secondary N) is 1. The van der Waals surface area contributed by atoms with Gasteiger partial charge in [0.1, 0.15) is 10.6 Å². The molecule has 0 aromatic heterocycles. The summed E-state index contributed by atoms with van der Waals surface area (Å²) in [4.78, 5) is 25.1. The predicted octanol–water partition coefficient (Wildman–Crippen LogP) is 0.452. The summed E-state index contributed by atoms with van der Waals surface area (Å²) < 4.78 is 38.3. The van der Waals surface area contributed by atoms with Gasteiger partial charge in [0.2, 0.25) is 10.0 Å². The molecule has 148 valence electrons. The number of carbonyl (C=O) groups excluding carboxylic acids is 1. The highest BCUT2D eigenvalue weighted by Gasteiger charge is 2.31. The van der Waals surface area contributed by atoms with Gasteiger partial charge in [-0.05, 0) is 31.0 Å². The number of nitrogens with zero attached hydrogens (tertiary/aromatic N) is 1. The van der Waals surface area contributed by atoms with E-state index in [1.807, 2.05) is 0 Å². The first-order valence-electron chi connectivity index (χ1n) is 8.63. The van der Waals surface area contributed by atoms with E-state index in [1.165, 1.54) is 30.2 Å². The number of hydrogen-bond acceptors (Lipinski definition) is 6. The minimum atomic E-state index is -3.80. The Kier molecular flexibility index (Phi) is 5.68. The van der Waals surface area contributed by atoms with E-state index < -0.39 is 22.1 Å². The van der Waals surface area contributed by atoms with Gasteiger partial charge in [-0.1, -0.05) is 0 Å². The van der Waals surface area contributed by atoms with Gasteiger partial charge in [-0.3, -0.25) is 9.59 Å². The van der Waals surface area contributed by atoms with Crippen LogP contribution in [-0.2, 0) is 19.6 Å². The van der Waals surface area contributed by atoms with Crippen molar-refractivity contribution >= 4 is 21.9 Å². The predicted molar refractivity (Wildman–Crippen MR) is 94.2 cm³/mol. The first-order chi connectivity index (χ1) is 12.8. The second kappa shape index (κ2) is 7.83. The smallest absolute Gasteiger partial charge is 0.306 e. The van der Waals surface area contributed by atoms with Crippen LogP contribution in [-0.4, -0.2) is 69.3 Å². The van der Waals surface area contributed by atoms with Gasteiger partial charge < -0.3 is 19.5 Å². The summed E-state index contributed by atoms with van der Waals surface area (Å²) in [5.74, 6) is -1.22. The highest BCUT2D eigenvalue weighted by molar-refractivity contribution is 7.89. The second-order valence-electron chi connectivity index (χ2n) is 6.60. The summed E-state index contributed by atoms with van der Waals surface area (Å²) in [5, 5.41) is 8.90. The van der Waals surface area contributed by atoms with Gasteiger partial charge in [0.05, 0.1) is 26.2 Å². The maximum Gasteiger partial charge on any atom is 0.306 e. The zero-order valence-corrected chi connectivity index (χ0v) is 15.7. The quantitative estimate of drug-likeness (QED) is 0.684. The van der Waals surface area contributed by atoms with Crippen molar-refractivity contribution in [3.05, 3.63) is 23.8 Å². The minimum absolute atomic E-state index is 0.0740. The van der Waals surface area contributed by atoms with Crippen LogP contribution in [0, 0.1) is 0 Å². The molecule has 2 aliphatic rings. The SMILES string of the molecule is COc1ccc(C(=O)N2CCOC(CC(=O)O)C2)cc1S(=O)(=O)NC1CC1. The zero-order valence-electron chi connectivity index (χ0n) is 14.9. The van der Waals surface area contributed by atoms with Gasteiger partial charge in [-0.25, -0.2) is 13.1 Å². The van der Waals surface area contributed by atoms with E-state index in [0.717, 1.165) is 12.8 Å². The van der Waals surface area contributed by atoms with E-state index in [1.54, 1.807) is 0 Å². The molecule has 1 amide bonds. The number of ether oxygens (including phenoxy) is 2. The fraction of sp³-hybridized carbons (Fsp3) is 0.529. The van der Waals surface area contributed by atoms with E-state index >= 15 is 0 Å². The Labute approximate surface area is 157 Å². The summed E-state index contributed by atoms with van der Waals surface area (Å²) in [5.41, 5.74) is 0.197. The average Bonchev–Trinajstić information content (AvgIpc) is 3.43. The van der Waals surface area contributed by atoms with Crippen LogP contribution in [0.1, 0.15) is 29.6 Å². The Bertz CT molecular complexity index is 836. The molecular formula is C17H22N2O7S. The maximum atomic E-state index is 12.8. The van der Waals surface area contributed by atoms with E-state index in [2.05, 4.69) is 4.72 Å². The Balaban J connectivity index is 1.82. The first kappa shape index (κ1) is 19.6. The van der Waals surface area contributed by atoms with Crippen LogP contribution in [0.25, 0.3) is 0 Å². The Hall–Kier alpha value is -2.17. The number of carboxylic acid groups (broad SMARTS) is 1. The minimum Gasteiger partial charge on any atom is -0.495 e. The molecule has 1 aliphatic heterocycles. The van der Waals surface area contributed by atoms with E-state index in [-0.39, 0.29) is 47.7 Å². The molecule has 1 saturated carbocycles. The fourth-order valence-electron chi connectivity index (χ4n) is 2.91. The number of carboxylic acids is 1.